The van der Waals surface area contributed by atoms with E-state index < -0.39 is 0 Å². The number of hydrogen-bond acceptors (Lipinski definition) is 2. The lowest BCUT2D eigenvalue weighted by Gasteiger charge is -2.13. The van der Waals surface area contributed by atoms with Gasteiger partial charge in [-0.3, -0.25) is 0 Å². The van der Waals surface area contributed by atoms with Crippen LogP contribution < -0.4 is 10.6 Å². The van der Waals surface area contributed by atoms with Gasteiger partial charge in [0.15, 0.2) is 0 Å². The summed E-state index contributed by atoms with van der Waals surface area (Å²) in [5.41, 5.74) is 4.48. The Bertz CT molecular complexity index is 1150. The van der Waals surface area contributed by atoms with Crippen LogP contribution in [0.1, 0.15) is 5.56 Å². The third-order valence-electron chi connectivity index (χ3n) is 4.87. The molecule has 3 N–H and O–H groups in total. The van der Waals surface area contributed by atoms with E-state index in [-0.39, 0.29) is 12.6 Å². The van der Waals surface area contributed by atoms with Crippen LogP contribution in [0.2, 0.25) is 0 Å². The molecule has 0 saturated carbocycles. The average molecular weight is 382 g/mol. The highest BCUT2D eigenvalue weighted by Gasteiger charge is 2.08. The molecule has 29 heavy (non-hydrogen) atoms. The number of aliphatic hydroxyl groups is 1. The van der Waals surface area contributed by atoms with Crippen LogP contribution >= 0.6 is 0 Å². The van der Waals surface area contributed by atoms with Crippen LogP contribution in [0, 0.1) is 0 Å². The Kier molecular flexibility index (Phi) is 5.54. The number of para-hydroxylation sites is 1. The Morgan fingerprint density at radius 2 is 1.55 bits per heavy atom. The molecule has 0 aliphatic heterocycles. The quantitative estimate of drug-likeness (QED) is 0.415. The summed E-state index contributed by atoms with van der Waals surface area (Å²) < 4.78 is 0. The van der Waals surface area contributed by atoms with Crippen molar-refractivity contribution in [3.63, 3.8) is 0 Å². The summed E-state index contributed by atoms with van der Waals surface area (Å²) in [4.78, 5) is 12.5. The number of benzene rings is 4. The van der Waals surface area contributed by atoms with Crippen LogP contribution in [0.5, 0.6) is 0 Å². The molecule has 0 aliphatic carbocycles. The first-order valence-corrected chi connectivity index (χ1v) is 9.59. The zero-order chi connectivity index (χ0) is 20.1. The number of carbonyl (C=O) groups is 1. The summed E-state index contributed by atoms with van der Waals surface area (Å²) in [5, 5.41) is 17.3. The van der Waals surface area contributed by atoms with Crippen LogP contribution in [0.4, 0.5) is 16.2 Å². The lowest BCUT2D eigenvalue weighted by molar-refractivity contribution is 0.262. The van der Waals surface area contributed by atoms with Crippen molar-refractivity contribution in [3.05, 3.63) is 96.6 Å². The van der Waals surface area contributed by atoms with E-state index in [1.807, 2.05) is 66.7 Å². The molecular formula is C25H22N2O2. The molecule has 0 spiro atoms. The first-order valence-electron chi connectivity index (χ1n) is 9.59. The smallest absolute Gasteiger partial charge is 0.323 e. The number of aliphatic hydroxyl groups excluding tert-OH is 1. The fourth-order valence-corrected chi connectivity index (χ4v) is 3.51. The number of amides is 2. The molecular weight excluding hydrogens is 360 g/mol. The summed E-state index contributed by atoms with van der Waals surface area (Å²) in [5.74, 6) is 0. The number of hydrogen-bond donors (Lipinski definition) is 3. The summed E-state index contributed by atoms with van der Waals surface area (Å²) in [6, 6.07) is 29.5. The fraction of sp³-hybridized carbons (Fsp3) is 0.0800. The van der Waals surface area contributed by atoms with Gasteiger partial charge in [-0.15, -0.1) is 0 Å². The summed E-state index contributed by atoms with van der Waals surface area (Å²) >= 11 is 0. The van der Waals surface area contributed by atoms with Crippen molar-refractivity contribution in [2.45, 2.75) is 6.42 Å². The van der Waals surface area contributed by atoms with Gasteiger partial charge in [0.25, 0.3) is 0 Å². The molecule has 0 aromatic heterocycles. The molecule has 0 heterocycles. The fourth-order valence-electron chi connectivity index (χ4n) is 3.51. The lowest BCUT2D eigenvalue weighted by Crippen LogP contribution is -2.20. The van der Waals surface area contributed by atoms with E-state index in [0.29, 0.717) is 17.8 Å². The van der Waals surface area contributed by atoms with Crippen molar-refractivity contribution in [3.8, 4) is 11.1 Å². The van der Waals surface area contributed by atoms with Crippen molar-refractivity contribution in [1.82, 2.24) is 0 Å². The second kappa shape index (κ2) is 8.59. The van der Waals surface area contributed by atoms with Gasteiger partial charge in [0, 0.05) is 18.0 Å². The Morgan fingerprint density at radius 3 is 2.45 bits per heavy atom. The molecule has 4 rings (SSSR count). The molecule has 4 heteroatoms. The molecule has 2 amide bonds. The van der Waals surface area contributed by atoms with Crippen LogP contribution in [0.15, 0.2) is 91.0 Å². The monoisotopic (exact) mass is 382 g/mol. The SMILES string of the molecule is O=C(Nc1cccc(-c2cccc3ccccc23)c1)Nc1ccccc1CCO. The molecule has 144 valence electrons. The third kappa shape index (κ3) is 4.28. The normalized spacial score (nSPS) is 10.7. The summed E-state index contributed by atoms with van der Waals surface area (Å²) in [7, 11) is 0. The number of fused-ring (bicyclic) bond motifs is 1. The molecule has 0 saturated heterocycles. The predicted molar refractivity (Wildman–Crippen MR) is 119 cm³/mol. The second-order valence-electron chi connectivity index (χ2n) is 6.82. The Labute approximate surface area is 169 Å². The topological polar surface area (TPSA) is 61.4 Å². The number of urea groups is 1. The van der Waals surface area contributed by atoms with Crippen LogP contribution in [-0.2, 0) is 6.42 Å². The largest absolute Gasteiger partial charge is 0.396 e. The van der Waals surface area contributed by atoms with E-state index in [1.54, 1.807) is 0 Å². The Hall–Kier alpha value is -3.63. The maximum atomic E-state index is 12.5. The minimum Gasteiger partial charge on any atom is -0.396 e. The maximum absolute atomic E-state index is 12.5. The number of anilines is 2. The van der Waals surface area contributed by atoms with Crippen molar-refractivity contribution < 1.29 is 9.90 Å². The Balaban J connectivity index is 1.56. The maximum Gasteiger partial charge on any atom is 0.323 e. The highest BCUT2D eigenvalue weighted by molar-refractivity contribution is 6.01. The molecule has 0 unspecified atom stereocenters. The van der Waals surface area contributed by atoms with Crippen LogP contribution in [0.3, 0.4) is 0 Å². The Morgan fingerprint density at radius 1 is 0.793 bits per heavy atom. The molecule has 0 bridgehead atoms. The first-order chi connectivity index (χ1) is 14.2. The van der Waals surface area contributed by atoms with E-state index >= 15 is 0 Å². The van der Waals surface area contributed by atoms with Crippen molar-refractivity contribution in [1.29, 1.82) is 0 Å². The minimum atomic E-state index is -0.314. The van der Waals surface area contributed by atoms with Crippen molar-refractivity contribution in [2.75, 3.05) is 17.2 Å². The van der Waals surface area contributed by atoms with E-state index in [4.69, 9.17) is 0 Å². The van der Waals surface area contributed by atoms with E-state index in [2.05, 4.69) is 34.9 Å². The predicted octanol–water partition coefficient (Wildman–Crippen LogP) is 5.69. The molecule has 0 radical (unpaired) electrons. The molecule has 0 aliphatic rings. The van der Waals surface area contributed by atoms with E-state index in [0.717, 1.165) is 16.7 Å². The van der Waals surface area contributed by atoms with Gasteiger partial charge in [0.1, 0.15) is 0 Å². The van der Waals surface area contributed by atoms with Gasteiger partial charge >= 0.3 is 6.03 Å². The number of rotatable bonds is 5. The minimum absolute atomic E-state index is 0.0351. The highest BCUT2D eigenvalue weighted by atomic mass is 16.3. The van der Waals surface area contributed by atoms with E-state index in [9.17, 15) is 9.90 Å². The van der Waals surface area contributed by atoms with E-state index in [1.165, 1.54) is 10.8 Å². The standard InChI is InChI=1S/C25H22N2O2/c28-16-15-19-8-2-4-14-24(19)27-25(29)26-21-11-5-10-20(17-21)23-13-6-9-18-7-1-3-12-22(18)23/h1-14,17,28H,15-16H2,(H2,26,27,29). The molecule has 4 aromatic rings. The zero-order valence-corrected chi connectivity index (χ0v) is 15.9. The van der Waals surface area contributed by atoms with Gasteiger partial charge in [0.2, 0.25) is 0 Å². The van der Waals surface area contributed by atoms with Crippen LogP contribution in [-0.4, -0.2) is 17.7 Å². The van der Waals surface area contributed by atoms with Crippen molar-refractivity contribution in [2.24, 2.45) is 0 Å². The van der Waals surface area contributed by atoms with Gasteiger partial charge in [-0.2, -0.15) is 0 Å². The number of nitrogens with one attached hydrogen (secondary N) is 2. The summed E-state index contributed by atoms with van der Waals surface area (Å²) in [6.45, 7) is 0.0351. The van der Waals surface area contributed by atoms with Gasteiger partial charge in [-0.1, -0.05) is 72.8 Å². The average Bonchev–Trinajstić information content (AvgIpc) is 2.75. The van der Waals surface area contributed by atoms with Gasteiger partial charge in [-0.05, 0) is 52.1 Å². The lowest BCUT2D eigenvalue weighted by atomic mass is 9.98. The summed E-state index contributed by atoms with van der Waals surface area (Å²) in [6.07, 6.45) is 0.493. The number of carbonyl (C=O) groups excluding carboxylic acids is 1. The molecule has 0 atom stereocenters. The molecule has 4 aromatic carbocycles. The van der Waals surface area contributed by atoms with Gasteiger partial charge in [-0.25, -0.2) is 4.79 Å². The highest BCUT2D eigenvalue weighted by Crippen LogP contribution is 2.30. The third-order valence-corrected chi connectivity index (χ3v) is 4.87. The van der Waals surface area contributed by atoms with Gasteiger partial charge in [0.05, 0.1) is 0 Å². The second-order valence-corrected chi connectivity index (χ2v) is 6.82. The zero-order valence-electron chi connectivity index (χ0n) is 15.9. The molecule has 0 fully saturated rings. The first kappa shape index (κ1) is 18.7. The van der Waals surface area contributed by atoms with Crippen LogP contribution in [0.25, 0.3) is 21.9 Å². The molecule has 4 nitrogen and oxygen atoms in total. The van der Waals surface area contributed by atoms with Gasteiger partial charge < -0.3 is 15.7 Å². The van der Waals surface area contributed by atoms with Crippen molar-refractivity contribution >= 4 is 28.2 Å².